The lowest BCUT2D eigenvalue weighted by atomic mass is 10.2. The number of fused-ring (bicyclic) bond motifs is 1. The number of ether oxygens (including phenoxy) is 1. The second kappa shape index (κ2) is 10.2. The monoisotopic (exact) mass is 512 g/mol. The van der Waals surface area contributed by atoms with Crippen LogP contribution in [0.3, 0.4) is 0 Å². The first kappa shape index (κ1) is 25.8. The Labute approximate surface area is 199 Å². The number of amides is 2. The van der Waals surface area contributed by atoms with Crippen LogP contribution < -0.4 is 20.1 Å². The molecule has 2 unspecified atom stereocenters. The van der Waals surface area contributed by atoms with E-state index in [1.807, 2.05) is 5.32 Å². The zero-order valence-electron chi connectivity index (χ0n) is 19.0. The topological polar surface area (TPSA) is 127 Å². The van der Waals surface area contributed by atoms with Crippen molar-refractivity contribution in [3.8, 4) is 5.75 Å². The number of hydrogen-bond acceptors (Lipinski definition) is 7. The average Bonchev–Trinajstić information content (AvgIpc) is 3.10. The van der Waals surface area contributed by atoms with Gasteiger partial charge in [0.25, 0.3) is 18.2 Å². The average molecular weight is 513 g/mol. The largest absolute Gasteiger partial charge is 0.479 e. The summed E-state index contributed by atoms with van der Waals surface area (Å²) in [6.45, 7) is 2.12. The first-order valence-electron chi connectivity index (χ1n) is 10.1. The van der Waals surface area contributed by atoms with Gasteiger partial charge in [0.15, 0.2) is 11.9 Å². The fraction of sp³-hybridized carbons (Fsp3) is 0.286. The second-order valence-electron chi connectivity index (χ2n) is 7.67. The Kier molecular flexibility index (Phi) is 7.53. The smallest absolute Gasteiger partial charge is 0.264 e. The third-order valence-corrected chi connectivity index (χ3v) is 5.30. The van der Waals surface area contributed by atoms with Crippen molar-refractivity contribution < 1.29 is 31.7 Å². The summed E-state index contributed by atoms with van der Waals surface area (Å²) in [5, 5.41) is 9.07. The molecule has 0 aliphatic heterocycles. The third-order valence-electron chi connectivity index (χ3n) is 4.68. The maximum atomic E-state index is 13.9. The molecule has 0 aliphatic carbocycles. The van der Waals surface area contributed by atoms with Crippen molar-refractivity contribution in [2.24, 2.45) is 0 Å². The molecule has 35 heavy (non-hydrogen) atoms. The number of benzene rings is 1. The summed E-state index contributed by atoms with van der Waals surface area (Å²) < 4.78 is 59.8. The molecular formula is C21H23F3N6O4S. The standard InChI is InChI=1S/C21H23F3N6O4S/c1-11-14(21(32)29-35(3,4)33)9-30-18(11)19(26-10-27-30)28-15-6-5-13(22)7-16(15)34-12(2)20(31)25-8-17(23)24/h5-7,9-10,12,17H,3,8H2,1-2,4H3,(H,25,31)(H,26,27,28)(H,29,32,33). The molecule has 2 amide bonds. The van der Waals surface area contributed by atoms with E-state index in [2.05, 4.69) is 26.0 Å². The zero-order valence-corrected chi connectivity index (χ0v) is 19.8. The normalized spacial score (nSPS) is 13.8. The van der Waals surface area contributed by atoms with Gasteiger partial charge in [-0.05, 0) is 37.4 Å². The second-order valence-corrected chi connectivity index (χ2v) is 9.88. The van der Waals surface area contributed by atoms with Crippen LogP contribution in [0.2, 0.25) is 0 Å². The van der Waals surface area contributed by atoms with Crippen molar-refractivity contribution in [3.63, 3.8) is 0 Å². The van der Waals surface area contributed by atoms with Crippen molar-refractivity contribution in [2.45, 2.75) is 26.4 Å². The van der Waals surface area contributed by atoms with E-state index in [-0.39, 0.29) is 22.8 Å². The van der Waals surface area contributed by atoms with Crippen LogP contribution in [0.25, 0.3) is 5.52 Å². The molecule has 0 saturated heterocycles. The van der Waals surface area contributed by atoms with Crippen LogP contribution in [0.5, 0.6) is 5.75 Å². The minimum Gasteiger partial charge on any atom is -0.479 e. The quantitative estimate of drug-likeness (QED) is 0.375. The Balaban J connectivity index is 1.93. The number of aryl methyl sites for hydroxylation is 1. The highest BCUT2D eigenvalue weighted by molar-refractivity contribution is 7.98. The summed E-state index contributed by atoms with van der Waals surface area (Å²) in [5.41, 5.74) is 1.24. The summed E-state index contributed by atoms with van der Waals surface area (Å²) in [5.74, 6) is 1.47. The van der Waals surface area contributed by atoms with Gasteiger partial charge in [0.1, 0.15) is 23.4 Å². The number of anilines is 2. The molecule has 188 valence electrons. The highest BCUT2D eigenvalue weighted by Crippen LogP contribution is 2.32. The Hall–Kier alpha value is -3.81. The van der Waals surface area contributed by atoms with E-state index in [9.17, 15) is 27.0 Å². The number of carbonyl (C=O) groups is 2. The number of aromatic nitrogens is 3. The van der Waals surface area contributed by atoms with Crippen LogP contribution in [-0.4, -0.2) is 61.8 Å². The lowest BCUT2D eigenvalue weighted by molar-refractivity contribution is -0.127. The minimum atomic E-state index is -2.81. The number of rotatable bonds is 9. The molecule has 2 aromatic heterocycles. The van der Waals surface area contributed by atoms with Crippen molar-refractivity contribution in [3.05, 3.63) is 47.7 Å². The van der Waals surface area contributed by atoms with Crippen molar-refractivity contribution in [2.75, 3.05) is 18.1 Å². The molecule has 10 nitrogen and oxygen atoms in total. The Morgan fingerprint density at radius 1 is 1.31 bits per heavy atom. The minimum absolute atomic E-state index is 0.0774. The van der Waals surface area contributed by atoms with E-state index >= 15 is 0 Å². The van der Waals surface area contributed by atoms with Gasteiger partial charge in [0.05, 0.1) is 17.8 Å². The Bertz CT molecular complexity index is 1380. The number of halogens is 3. The van der Waals surface area contributed by atoms with Gasteiger partial charge in [-0.1, -0.05) is 0 Å². The maximum Gasteiger partial charge on any atom is 0.264 e. The van der Waals surface area contributed by atoms with E-state index in [0.29, 0.717) is 11.1 Å². The SMILES string of the molecule is C=S(C)(=O)NC(=O)c1cn2ncnc(Nc3ccc(F)cc3OC(C)C(=O)NCC(F)F)c2c1C. The molecule has 2 atom stereocenters. The Morgan fingerprint density at radius 3 is 2.69 bits per heavy atom. The molecule has 2 heterocycles. The molecule has 0 saturated carbocycles. The number of alkyl halides is 2. The molecule has 0 bridgehead atoms. The summed E-state index contributed by atoms with van der Waals surface area (Å²) in [6.07, 6.45) is -0.0141. The van der Waals surface area contributed by atoms with Crippen LogP contribution in [-0.2, 0) is 14.5 Å². The summed E-state index contributed by atoms with van der Waals surface area (Å²) in [6, 6.07) is 3.51. The van der Waals surface area contributed by atoms with E-state index in [0.717, 1.165) is 12.1 Å². The molecule has 0 radical (unpaired) electrons. The molecule has 0 spiro atoms. The third kappa shape index (κ3) is 6.41. The molecule has 3 N–H and O–H groups in total. The van der Waals surface area contributed by atoms with E-state index < -0.39 is 46.4 Å². The molecule has 3 rings (SSSR count). The lowest BCUT2D eigenvalue weighted by Crippen LogP contribution is -2.38. The number of carbonyl (C=O) groups excluding carboxylic acids is 2. The molecule has 3 aromatic rings. The molecule has 0 fully saturated rings. The number of nitrogens with one attached hydrogen (secondary N) is 3. The predicted octanol–water partition coefficient (Wildman–Crippen LogP) is 2.06. The summed E-state index contributed by atoms with van der Waals surface area (Å²) in [4.78, 5) is 28.7. The maximum absolute atomic E-state index is 13.9. The van der Waals surface area contributed by atoms with Crippen molar-refractivity contribution in [1.29, 1.82) is 0 Å². The molecular weight excluding hydrogens is 489 g/mol. The number of nitrogens with zero attached hydrogens (tertiary/aromatic N) is 3. The highest BCUT2D eigenvalue weighted by Gasteiger charge is 2.21. The molecule has 1 aromatic carbocycles. The highest BCUT2D eigenvalue weighted by atomic mass is 32.2. The fourth-order valence-electron chi connectivity index (χ4n) is 3.12. The number of hydrogen-bond donors (Lipinski definition) is 3. The van der Waals surface area contributed by atoms with Crippen molar-refractivity contribution >= 4 is 44.4 Å². The van der Waals surface area contributed by atoms with Gasteiger partial charge in [-0.25, -0.2) is 26.9 Å². The van der Waals surface area contributed by atoms with Gasteiger partial charge >= 0.3 is 0 Å². The molecule has 14 heteroatoms. The van der Waals surface area contributed by atoms with Gasteiger partial charge in [-0.15, -0.1) is 0 Å². The first-order chi connectivity index (χ1) is 16.4. The predicted molar refractivity (Wildman–Crippen MR) is 125 cm³/mol. The van der Waals surface area contributed by atoms with E-state index in [1.54, 1.807) is 6.92 Å². The van der Waals surface area contributed by atoms with Crippen LogP contribution in [0, 0.1) is 12.7 Å². The van der Waals surface area contributed by atoms with Gasteiger partial charge in [-0.3, -0.25) is 14.3 Å². The van der Waals surface area contributed by atoms with Crippen LogP contribution >= 0.6 is 0 Å². The summed E-state index contributed by atoms with van der Waals surface area (Å²) >= 11 is 0. The van der Waals surface area contributed by atoms with Gasteiger partial charge in [0, 0.05) is 28.2 Å². The van der Waals surface area contributed by atoms with E-state index in [4.69, 9.17) is 4.74 Å². The fourth-order valence-corrected chi connectivity index (χ4v) is 3.62. The van der Waals surface area contributed by atoms with Gasteiger partial charge < -0.3 is 15.4 Å². The van der Waals surface area contributed by atoms with Crippen LogP contribution in [0.4, 0.5) is 24.7 Å². The van der Waals surface area contributed by atoms with Gasteiger partial charge in [0.2, 0.25) is 0 Å². The van der Waals surface area contributed by atoms with Crippen LogP contribution in [0.1, 0.15) is 22.8 Å². The van der Waals surface area contributed by atoms with Crippen LogP contribution in [0.15, 0.2) is 30.7 Å². The zero-order chi connectivity index (χ0) is 25.9. The van der Waals surface area contributed by atoms with Crippen molar-refractivity contribution in [1.82, 2.24) is 24.6 Å². The van der Waals surface area contributed by atoms with E-state index in [1.165, 1.54) is 36.3 Å². The Morgan fingerprint density at radius 2 is 2.03 bits per heavy atom. The summed E-state index contributed by atoms with van der Waals surface area (Å²) in [7, 11) is -2.81. The van der Waals surface area contributed by atoms with Gasteiger partial charge in [-0.2, -0.15) is 5.10 Å². The lowest BCUT2D eigenvalue weighted by Gasteiger charge is -2.18. The first-order valence-corrected chi connectivity index (χ1v) is 12.3. The molecule has 0 aliphatic rings.